The first-order valence-electron chi connectivity index (χ1n) is 7.61. The van der Waals surface area contributed by atoms with Crippen molar-refractivity contribution in [2.24, 2.45) is 0 Å². The summed E-state index contributed by atoms with van der Waals surface area (Å²) in [7, 11) is 0. The number of likely N-dealkylation sites (tertiary alicyclic amines) is 1. The van der Waals surface area contributed by atoms with Gasteiger partial charge >= 0.3 is 0 Å². The van der Waals surface area contributed by atoms with Gasteiger partial charge in [-0.15, -0.1) is 11.3 Å². The van der Waals surface area contributed by atoms with Crippen molar-refractivity contribution in [2.45, 2.75) is 32.5 Å². The Labute approximate surface area is 133 Å². The molecular formula is C17H18N2O2S. The molecule has 1 saturated heterocycles. The number of fused-ring (bicyclic) bond motifs is 1. The van der Waals surface area contributed by atoms with Crippen LogP contribution in [0.3, 0.4) is 0 Å². The fraction of sp³-hybridized carbons (Fsp3) is 0.412. The minimum Gasteiger partial charge on any atom is -0.372 e. The highest BCUT2D eigenvalue weighted by Crippen LogP contribution is 2.33. The van der Waals surface area contributed by atoms with Crippen molar-refractivity contribution in [2.75, 3.05) is 13.1 Å². The van der Waals surface area contributed by atoms with Crippen molar-refractivity contribution in [3.63, 3.8) is 0 Å². The minimum atomic E-state index is 0.165. The first-order chi connectivity index (χ1) is 10.7. The number of aromatic nitrogens is 1. The van der Waals surface area contributed by atoms with Crippen molar-refractivity contribution in [3.8, 4) is 11.3 Å². The van der Waals surface area contributed by atoms with Gasteiger partial charge in [0.1, 0.15) is 0 Å². The van der Waals surface area contributed by atoms with E-state index in [1.54, 1.807) is 18.3 Å². The Balaban J connectivity index is 1.56. The molecule has 1 aromatic heterocycles. The van der Waals surface area contributed by atoms with Gasteiger partial charge in [-0.2, -0.15) is 0 Å². The summed E-state index contributed by atoms with van der Waals surface area (Å²) in [4.78, 5) is 18.2. The number of nitrogens with zero attached hydrogens (tertiary/aromatic N) is 2. The molecular weight excluding hydrogens is 296 g/mol. The number of amides is 1. The lowest BCUT2D eigenvalue weighted by Gasteiger charge is -2.12. The van der Waals surface area contributed by atoms with E-state index in [0.717, 1.165) is 42.4 Å². The topological polar surface area (TPSA) is 42.4 Å². The standard InChI is InChI=1S/C17H18N2O2S/c1-11(20)19-5-4-13(7-19)17-18-16(10-22-17)12-2-3-14-8-21-9-15(14)6-12/h2-3,6,10,13H,4-5,7-9H2,1H3. The van der Waals surface area contributed by atoms with E-state index >= 15 is 0 Å². The molecule has 2 aliphatic rings. The Morgan fingerprint density at radius 3 is 3.05 bits per heavy atom. The molecule has 1 unspecified atom stereocenters. The lowest BCUT2D eigenvalue weighted by Crippen LogP contribution is -2.25. The van der Waals surface area contributed by atoms with Crippen LogP contribution in [0.2, 0.25) is 0 Å². The van der Waals surface area contributed by atoms with Crippen LogP contribution in [-0.4, -0.2) is 28.9 Å². The number of carbonyl (C=O) groups excluding carboxylic acids is 1. The van der Waals surface area contributed by atoms with Gasteiger partial charge in [0.15, 0.2) is 0 Å². The second-order valence-electron chi connectivity index (χ2n) is 6.00. The number of ether oxygens (including phenoxy) is 1. The van der Waals surface area contributed by atoms with Gasteiger partial charge in [-0.3, -0.25) is 4.79 Å². The van der Waals surface area contributed by atoms with Crippen LogP contribution in [0.25, 0.3) is 11.3 Å². The first-order valence-corrected chi connectivity index (χ1v) is 8.49. The molecule has 1 amide bonds. The van der Waals surface area contributed by atoms with E-state index in [0.29, 0.717) is 12.5 Å². The van der Waals surface area contributed by atoms with E-state index in [9.17, 15) is 4.79 Å². The van der Waals surface area contributed by atoms with Crippen molar-refractivity contribution < 1.29 is 9.53 Å². The zero-order chi connectivity index (χ0) is 15.1. The Morgan fingerprint density at radius 1 is 1.36 bits per heavy atom. The smallest absolute Gasteiger partial charge is 0.219 e. The SMILES string of the molecule is CC(=O)N1CCC(c2nc(-c3ccc4c(c3)COC4)cs2)C1. The van der Waals surface area contributed by atoms with Crippen molar-refractivity contribution in [3.05, 3.63) is 39.7 Å². The third-order valence-corrected chi connectivity index (χ3v) is 5.53. The average molecular weight is 314 g/mol. The second kappa shape index (κ2) is 5.48. The molecule has 0 radical (unpaired) electrons. The van der Waals surface area contributed by atoms with Crippen LogP contribution in [-0.2, 0) is 22.7 Å². The van der Waals surface area contributed by atoms with E-state index in [2.05, 4.69) is 23.6 Å². The van der Waals surface area contributed by atoms with Gasteiger partial charge in [0.25, 0.3) is 0 Å². The predicted octanol–water partition coefficient (Wildman–Crippen LogP) is 3.18. The van der Waals surface area contributed by atoms with E-state index in [-0.39, 0.29) is 5.91 Å². The monoisotopic (exact) mass is 314 g/mol. The molecule has 22 heavy (non-hydrogen) atoms. The molecule has 0 spiro atoms. The van der Waals surface area contributed by atoms with Crippen molar-refractivity contribution in [1.82, 2.24) is 9.88 Å². The highest BCUT2D eigenvalue weighted by atomic mass is 32.1. The van der Waals surface area contributed by atoms with E-state index < -0.39 is 0 Å². The zero-order valence-corrected chi connectivity index (χ0v) is 13.4. The quantitative estimate of drug-likeness (QED) is 0.855. The number of rotatable bonds is 2. The van der Waals surface area contributed by atoms with Crippen LogP contribution < -0.4 is 0 Å². The fourth-order valence-corrected chi connectivity index (χ4v) is 4.14. The maximum absolute atomic E-state index is 11.5. The second-order valence-corrected chi connectivity index (χ2v) is 6.89. The molecule has 3 heterocycles. The zero-order valence-electron chi connectivity index (χ0n) is 12.5. The average Bonchev–Trinajstić information content (AvgIpc) is 3.25. The summed E-state index contributed by atoms with van der Waals surface area (Å²) < 4.78 is 5.47. The lowest BCUT2D eigenvalue weighted by molar-refractivity contribution is -0.127. The minimum absolute atomic E-state index is 0.165. The van der Waals surface area contributed by atoms with Gasteiger partial charge in [0.05, 0.1) is 23.9 Å². The summed E-state index contributed by atoms with van der Waals surface area (Å²) >= 11 is 1.71. The Morgan fingerprint density at radius 2 is 2.23 bits per heavy atom. The first kappa shape index (κ1) is 13.9. The number of thiazole rings is 1. The molecule has 0 aliphatic carbocycles. The van der Waals surface area contributed by atoms with Gasteiger partial charge < -0.3 is 9.64 Å². The maximum Gasteiger partial charge on any atom is 0.219 e. The van der Waals surface area contributed by atoms with Gasteiger partial charge in [-0.25, -0.2) is 4.98 Å². The number of benzene rings is 1. The molecule has 5 heteroatoms. The van der Waals surface area contributed by atoms with Gasteiger partial charge in [0, 0.05) is 36.9 Å². The fourth-order valence-electron chi connectivity index (χ4n) is 3.19. The summed E-state index contributed by atoms with van der Waals surface area (Å²) in [6, 6.07) is 6.46. The van der Waals surface area contributed by atoms with Crippen LogP contribution in [0.1, 0.15) is 35.4 Å². The van der Waals surface area contributed by atoms with Crippen LogP contribution in [0, 0.1) is 0 Å². The molecule has 0 saturated carbocycles. The predicted molar refractivity (Wildman–Crippen MR) is 85.7 cm³/mol. The van der Waals surface area contributed by atoms with Crippen LogP contribution in [0.15, 0.2) is 23.6 Å². The van der Waals surface area contributed by atoms with E-state index in [1.165, 1.54) is 11.1 Å². The Hall–Kier alpha value is -1.72. The highest BCUT2D eigenvalue weighted by molar-refractivity contribution is 7.10. The summed E-state index contributed by atoms with van der Waals surface area (Å²) in [5.74, 6) is 0.554. The van der Waals surface area contributed by atoms with Gasteiger partial charge in [-0.05, 0) is 23.6 Å². The summed E-state index contributed by atoms with van der Waals surface area (Å²) in [5, 5.41) is 3.28. The number of hydrogen-bond acceptors (Lipinski definition) is 4. The van der Waals surface area contributed by atoms with E-state index in [1.807, 2.05) is 4.90 Å². The molecule has 4 nitrogen and oxygen atoms in total. The molecule has 1 fully saturated rings. The van der Waals surface area contributed by atoms with Crippen molar-refractivity contribution in [1.29, 1.82) is 0 Å². The molecule has 0 bridgehead atoms. The molecule has 0 N–H and O–H groups in total. The molecule has 2 aromatic rings. The third-order valence-electron chi connectivity index (χ3n) is 4.52. The molecule has 114 valence electrons. The van der Waals surface area contributed by atoms with Crippen LogP contribution in [0.4, 0.5) is 0 Å². The molecule has 1 aromatic carbocycles. The highest BCUT2D eigenvalue weighted by Gasteiger charge is 2.27. The largest absolute Gasteiger partial charge is 0.372 e. The van der Waals surface area contributed by atoms with Gasteiger partial charge in [0.2, 0.25) is 5.91 Å². The normalized spacial score (nSPS) is 20.4. The van der Waals surface area contributed by atoms with Crippen molar-refractivity contribution >= 4 is 17.2 Å². The summed E-state index contributed by atoms with van der Waals surface area (Å²) in [6.07, 6.45) is 1.02. The van der Waals surface area contributed by atoms with E-state index in [4.69, 9.17) is 9.72 Å². The van der Waals surface area contributed by atoms with Crippen LogP contribution >= 0.6 is 11.3 Å². The summed E-state index contributed by atoms with van der Waals surface area (Å²) in [6.45, 7) is 4.73. The number of hydrogen-bond donors (Lipinski definition) is 0. The van der Waals surface area contributed by atoms with Crippen LogP contribution in [0.5, 0.6) is 0 Å². The third kappa shape index (κ3) is 2.44. The van der Waals surface area contributed by atoms with Gasteiger partial charge in [-0.1, -0.05) is 12.1 Å². The molecule has 1 atom stereocenters. The Bertz CT molecular complexity index is 725. The maximum atomic E-state index is 11.5. The number of carbonyl (C=O) groups is 1. The lowest BCUT2D eigenvalue weighted by atomic mass is 10.0. The Kier molecular flexibility index (Phi) is 3.47. The molecule has 2 aliphatic heterocycles. The molecule has 4 rings (SSSR count). The summed E-state index contributed by atoms with van der Waals surface area (Å²) in [5.41, 5.74) is 4.76.